The van der Waals surface area contributed by atoms with E-state index in [1.807, 2.05) is 18.5 Å². The van der Waals surface area contributed by atoms with E-state index in [4.69, 9.17) is 0 Å². The molecular formula is C14H17N3OS. The number of nitrogens with one attached hydrogen (secondary N) is 2. The van der Waals surface area contributed by atoms with Crippen molar-refractivity contribution in [3.63, 3.8) is 0 Å². The Morgan fingerprint density at radius 2 is 2.21 bits per heavy atom. The van der Waals surface area contributed by atoms with Crippen LogP contribution in [0.3, 0.4) is 0 Å². The van der Waals surface area contributed by atoms with E-state index in [0.717, 1.165) is 23.1 Å². The topological polar surface area (TPSA) is 54.0 Å². The molecule has 2 heterocycles. The highest BCUT2D eigenvalue weighted by atomic mass is 32.1. The van der Waals surface area contributed by atoms with E-state index < -0.39 is 0 Å². The fraction of sp³-hybridized carbons (Fsp3) is 0.286. The van der Waals surface area contributed by atoms with Crippen LogP contribution < -0.4 is 10.6 Å². The second-order valence-electron chi connectivity index (χ2n) is 4.20. The molecule has 0 unspecified atom stereocenters. The number of carbonyl (C=O) groups is 1. The predicted molar refractivity (Wildman–Crippen MR) is 78.1 cm³/mol. The highest BCUT2D eigenvalue weighted by Crippen LogP contribution is 2.21. The molecule has 2 N–H and O–H groups in total. The number of thiophene rings is 1. The minimum Gasteiger partial charge on any atom is -0.338 e. The summed E-state index contributed by atoms with van der Waals surface area (Å²) in [4.78, 5) is 15.7. The number of hydrogen-bond acceptors (Lipinski definition) is 3. The van der Waals surface area contributed by atoms with Gasteiger partial charge in [0.2, 0.25) is 0 Å². The maximum atomic E-state index is 11.4. The van der Waals surface area contributed by atoms with Crippen LogP contribution in [0.2, 0.25) is 0 Å². The van der Waals surface area contributed by atoms with E-state index in [1.165, 1.54) is 0 Å². The normalized spacial score (nSPS) is 10.2. The number of pyridine rings is 1. The van der Waals surface area contributed by atoms with Crippen LogP contribution in [0.15, 0.2) is 35.3 Å². The Morgan fingerprint density at radius 3 is 2.95 bits per heavy atom. The lowest BCUT2D eigenvalue weighted by Crippen LogP contribution is -2.35. The van der Waals surface area contributed by atoms with Gasteiger partial charge in [0.1, 0.15) is 0 Å². The molecule has 0 aliphatic carbocycles. The third-order valence-electron chi connectivity index (χ3n) is 2.64. The lowest BCUT2D eigenvalue weighted by atomic mass is 10.1. The van der Waals surface area contributed by atoms with Crippen molar-refractivity contribution in [3.8, 4) is 11.1 Å². The third-order valence-corrected chi connectivity index (χ3v) is 3.32. The van der Waals surface area contributed by atoms with Gasteiger partial charge in [0.05, 0.1) is 0 Å². The monoisotopic (exact) mass is 275 g/mol. The van der Waals surface area contributed by atoms with Gasteiger partial charge >= 0.3 is 6.03 Å². The highest BCUT2D eigenvalue weighted by Gasteiger charge is 2.02. The summed E-state index contributed by atoms with van der Waals surface area (Å²) >= 11 is 1.66. The maximum Gasteiger partial charge on any atom is 0.315 e. The first kappa shape index (κ1) is 13.5. The van der Waals surface area contributed by atoms with E-state index in [2.05, 4.69) is 33.1 Å². The number of amides is 2. The van der Waals surface area contributed by atoms with Crippen LogP contribution >= 0.6 is 11.3 Å². The van der Waals surface area contributed by atoms with E-state index in [0.29, 0.717) is 13.1 Å². The molecule has 4 nitrogen and oxygen atoms in total. The van der Waals surface area contributed by atoms with Gasteiger partial charge in [-0.25, -0.2) is 4.79 Å². The van der Waals surface area contributed by atoms with Crippen molar-refractivity contribution in [2.75, 3.05) is 6.54 Å². The van der Waals surface area contributed by atoms with Gasteiger partial charge in [0, 0.05) is 31.0 Å². The van der Waals surface area contributed by atoms with E-state index in [-0.39, 0.29) is 6.03 Å². The fourth-order valence-corrected chi connectivity index (χ4v) is 2.32. The number of rotatable bonds is 5. The Balaban J connectivity index is 1.94. The maximum absolute atomic E-state index is 11.4. The Labute approximate surface area is 116 Å². The predicted octanol–water partition coefficient (Wildman–Crippen LogP) is 3.02. The summed E-state index contributed by atoms with van der Waals surface area (Å²) in [6, 6.07) is 3.98. The Bertz CT molecular complexity index is 525. The largest absolute Gasteiger partial charge is 0.338 e. The lowest BCUT2D eigenvalue weighted by Gasteiger charge is -2.07. The van der Waals surface area contributed by atoms with Gasteiger partial charge in [0.15, 0.2) is 0 Å². The highest BCUT2D eigenvalue weighted by molar-refractivity contribution is 7.08. The molecule has 0 aromatic carbocycles. The van der Waals surface area contributed by atoms with Crippen LogP contribution in [-0.2, 0) is 6.54 Å². The SMILES string of the molecule is CCCNC(=O)NCc1cncc(-c2ccsc2)c1. The number of urea groups is 1. The molecule has 2 aromatic rings. The molecule has 0 atom stereocenters. The summed E-state index contributed by atoms with van der Waals surface area (Å²) in [5, 5.41) is 9.72. The standard InChI is InChI=1S/C14H17N3OS/c1-2-4-16-14(18)17-8-11-6-13(9-15-7-11)12-3-5-19-10-12/h3,5-7,9-10H,2,4,8H2,1H3,(H2,16,17,18). The van der Waals surface area contributed by atoms with Gasteiger partial charge < -0.3 is 10.6 Å². The summed E-state index contributed by atoms with van der Waals surface area (Å²) < 4.78 is 0. The summed E-state index contributed by atoms with van der Waals surface area (Å²) in [6.07, 6.45) is 4.54. The summed E-state index contributed by atoms with van der Waals surface area (Å²) in [7, 11) is 0. The van der Waals surface area contributed by atoms with Crippen molar-refractivity contribution in [2.45, 2.75) is 19.9 Å². The van der Waals surface area contributed by atoms with E-state index in [9.17, 15) is 4.79 Å². The minimum atomic E-state index is -0.136. The first-order chi connectivity index (χ1) is 9.29. The van der Waals surface area contributed by atoms with Gasteiger partial charge in [-0.3, -0.25) is 4.98 Å². The van der Waals surface area contributed by atoms with E-state index in [1.54, 1.807) is 17.5 Å². The summed E-state index contributed by atoms with van der Waals surface area (Å²) in [6.45, 7) is 3.20. The van der Waals surface area contributed by atoms with Crippen LogP contribution in [-0.4, -0.2) is 17.6 Å². The molecule has 2 rings (SSSR count). The first-order valence-corrected chi connectivity index (χ1v) is 7.22. The molecule has 0 bridgehead atoms. The number of aromatic nitrogens is 1. The second kappa shape index (κ2) is 6.89. The molecule has 100 valence electrons. The second-order valence-corrected chi connectivity index (χ2v) is 4.98. The van der Waals surface area contributed by atoms with Crippen molar-refractivity contribution in [2.24, 2.45) is 0 Å². The smallest absolute Gasteiger partial charge is 0.315 e. The van der Waals surface area contributed by atoms with Crippen LogP contribution in [0.1, 0.15) is 18.9 Å². The van der Waals surface area contributed by atoms with E-state index >= 15 is 0 Å². The molecule has 19 heavy (non-hydrogen) atoms. The molecule has 0 saturated carbocycles. The minimum absolute atomic E-state index is 0.136. The van der Waals surface area contributed by atoms with Crippen LogP contribution in [0, 0.1) is 0 Å². The van der Waals surface area contributed by atoms with Crippen molar-refractivity contribution in [3.05, 3.63) is 40.8 Å². The van der Waals surface area contributed by atoms with Gasteiger partial charge in [-0.05, 0) is 40.4 Å². The molecule has 0 fully saturated rings. The molecule has 0 radical (unpaired) electrons. The third kappa shape index (κ3) is 4.06. The van der Waals surface area contributed by atoms with Crippen molar-refractivity contribution in [1.29, 1.82) is 0 Å². The van der Waals surface area contributed by atoms with Crippen LogP contribution in [0.5, 0.6) is 0 Å². The zero-order valence-electron chi connectivity index (χ0n) is 10.8. The number of nitrogens with zero attached hydrogens (tertiary/aromatic N) is 1. The Morgan fingerprint density at radius 1 is 1.32 bits per heavy atom. The molecule has 0 spiro atoms. The first-order valence-electron chi connectivity index (χ1n) is 6.28. The van der Waals surface area contributed by atoms with Crippen LogP contribution in [0.4, 0.5) is 4.79 Å². The van der Waals surface area contributed by atoms with Gasteiger partial charge in [-0.15, -0.1) is 0 Å². The average Bonchev–Trinajstić information content (AvgIpc) is 2.97. The zero-order chi connectivity index (χ0) is 13.5. The molecule has 0 saturated heterocycles. The number of hydrogen-bond donors (Lipinski definition) is 2. The number of carbonyl (C=O) groups excluding carboxylic acids is 1. The van der Waals surface area contributed by atoms with Gasteiger partial charge in [-0.2, -0.15) is 11.3 Å². The molecular weight excluding hydrogens is 258 g/mol. The molecule has 2 amide bonds. The molecule has 0 aliphatic heterocycles. The van der Waals surface area contributed by atoms with Gasteiger partial charge in [-0.1, -0.05) is 6.92 Å². The zero-order valence-corrected chi connectivity index (χ0v) is 11.7. The Hall–Kier alpha value is -1.88. The summed E-state index contributed by atoms with van der Waals surface area (Å²) in [5.41, 5.74) is 3.24. The molecule has 2 aromatic heterocycles. The fourth-order valence-electron chi connectivity index (χ4n) is 1.65. The summed E-state index contributed by atoms with van der Waals surface area (Å²) in [5.74, 6) is 0. The van der Waals surface area contributed by atoms with Crippen molar-refractivity contribution in [1.82, 2.24) is 15.6 Å². The van der Waals surface area contributed by atoms with Crippen LogP contribution in [0.25, 0.3) is 11.1 Å². The quantitative estimate of drug-likeness (QED) is 0.881. The van der Waals surface area contributed by atoms with Crippen molar-refractivity contribution >= 4 is 17.4 Å². The Kier molecular flexibility index (Phi) is 4.92. The molecule has 5 heteroatoms. The van der Waals surface area contributed by atoms with Gasteiger partial charge in [0.25, 0.3) is 0 Å². The lowest BCUT2D eigenvalue weighted by molar-refractivity contribution is 0.240. The van der Waals surface area contributed by atoms with Crippen molar-refractivity contribution < 1.29 is 4.79 Å². The molecule has 0 aliphatic rings. The average molecular weight is 275 g/mol.